The summed E-state index contributed by atoms with van der Waals surface area (Å²) < 4.78 is 1.25. The van der Waals surface area contributed by atoms with Crippen LogP contribution in [0.25, 0.3) is 0 Å². The molecule has 0 heterocycles. The fraction of sp³-hybridized carbons (Fsp3) is 0.815. The number of carbonyl (C=O) groups is 1. The van der Waals surface area contributed by atoms with Gasteiger partial charge in [0.2, 0.25) is 0 Å². The Kier molecular flexibility index (Phi) is 6.77. The molecule has 166 valence electrons. The highest BCUT2D eigenvalue weighted by atomic mass is 127. The Morgan fingerprint density at radius 2 is 1.80 bits per heavy atom. The first-order valence-electron chi connectivity index (χ1n) is 12.4. The lowest BCUT2D eigenvalue weighted by Crippen LogP contribution is -2.54. The minimum atomic E-state index is -0.801. The quantitative estimate of drug-likeness (QED) is 0.190. The van der Waals surface area contributed by atoms with E-state index in [-0.39, 0.29) is 10.8 Å². The van der Waals surface area contributed by atoms with Crippen molar-refractivity contribution < 1.29 is 9.90 Å². The number of carbonyl (C=O) groups excluding carboxylic acids is 1. The van der Waals surface area contributed by atoms with Gasteiger partial charge in [0.25, 0.3) is 0 Å². The molecule has 3 heteroatoms. The van der Waals surface area contributed by atoms with Gasteiger partial charge in [-0.2, -0.15) is 0 Å². The molecule has 3 fully saturated rings. The minimum absolute atomic E-state index is 0.0650. The van der Waals surface area contributed by atoms with Gasteiger partial charge in [-0.15, -0.1) is 5.92 Å². The largest absolute Gasteiger partial charge is 0.377 e. The maximum atomic E-state index is 12.0. The van der Waals surface area contributed by atoms with E-state index in [0.717, 1.165) is 51.4 Å². The molecule has 2 nitrogen and oxygen atoms in total. The molecule has 0 amide bonds. The van der Waals surface area contributed by atoms with Crippen LogP contribution in [0, 0.1) is 40.4 Å². The lowest BCUT2D eigenvalue weighted by Gasteiger charge is -2.58. The zero-order valence-corrected chi connectivity index (χ0v) is 21.1. The number of unbranched alkanes of at least 4 members (excludes halogenated alkanes) is 4. The SMILES string of the molecule is C[C@]12CCC(=O)C=C1CC[C@@H]1[C@@H]2CC[C@@]2(C)[C@H]1CC[C@@]2(O)C#CCCCCCCI. The van der Waals surface area contributed by atoms with E-state index >= 15 is 0 Å². The molecule has 0 spiro atoms. The summed E-state index contributed by atoms with van der Waals surface area (Å²) in [5.74, 6) is 9.06. The molecule has 0 saturated heterocycles. The molecule has 0 bridgehead atoms. The topological polar surface area (TPSA) is 37.3 Å². The van der Waals surface area contributed by atoms with Gasteiger partial charge in [-0.3, -0.25) is 4.79 Å². The average Bonchev–Trinajstić information content (AvgIpc) is 2.99. The van der Waals surface area contributed by atoms with Gasteiger partial charge in [0.05, 0.1) is 0 Å². The summed E-state index contributed by atoms with van der Waals surface area (Å²) in [6.45, 7) is 4.78. The number of halogens is 1. The molecule has 0 aromatic rings. The van der Waals surface area contributed by atoms with Gasteiger partial charge in [-0.05, 0) is 91.5 Å². The summed E-state index contributed by atoms with van der Waals surface area (Å²) in [6, 6.07) is 0. The number of ketones is 1. The monoisotopic (exact) mass is 522 g/mol. The fourth-order valence-corrected chi connectivity index (χ4v) is 8.19. The van der Waals surface area contributed by atoms with Gasteiger partial charge >= 0.3 is 0 Å². The Morgan fingerprint density at radius 1 is 1.03 bits per heavy atom. The van der Waals surface area contributed by atoms with Crippen molar-refractivity contribution in [3.63, 3.8) is 0 Å². The van der Waals surface area contributed by atoms with Crippen LogP contribution in [0.3, 0.4) is 0 Å². The number of hydrogen-bond acceptors (Lipinski definition) is 2. The van der Waals surface area contributed by atoms with Crippen molar-refractivity contribution in [3.05, 3.63) is 11.6 Å². The molecular formula is C27H39IO2. The number of alkyl halides is 1. The second-order valence-electron chi connectivity index (χ2n) is 11.0. The Morgan fingerprint density at radius 3 is 2.60 bits per heavy atom. The summed E-state index contributed by atoms with van der Waals surface area (Å²) in [6.07, 6.45) is 16.2. The van der Waals surface area contributed by atoms with Crippen LogP contribution in [0.15, 0.2) is 11.6 Å². The molecule has 0 aromatic carbocycles. The third-order valence-electron chi connectivity index (χ3n) is 9.59. The van der Waals surface area contributed by atoms with Crippen molar-refractivity contribution in [2.24, 2.45) is 28.6 Å². The van der Waals surface area contributed by atoms with E-state index in [1.165, 1.54) is 42.1 Å². The first kappa shape index (κ1) is 22.8. The predicted molar refractivity (Wildman–Crippen MR) is 131 cm³/mol. The minimum Gasteiger partial charge on any atom is -0.377 e. The van der Waals surface area contributed by atoms with Crippen molar-refractivity contribution in [1.82, 2.24) is 0 Å². The van der Waals surface area contributed by atoms with Gasteiger partial charge in [0.1, 0.15) is 5.60 Å². The first-order chi connectivity index (χ1) is 14.3. The van der Waals surface area contributed by atoms with Crippen LogP contribution in [0.1, 0.15) is 97.3 Å². The Hall–Kier alpha value is -0.340. The third kappa shape index (κ3) is 3.83. The first-order valence-corrected chi connectivity index (χ1v) is 13.9. The van der Waals surface area contributed by atoms with Crippen LogP contribution >= 0.6 is 22.6 Å². The van der Waals surface area contributed by atoms with Crippen molar-refractivity contribution in [2.45, 2.75) is 103 Å². The van der Waals surface area contributed by atoms with Crippen molar-refractivity contribution in [2.75, 3.05) is 4.43 Å². The highest BCUT2D eigenvalue weighted by Crippen LogP contribution is 2.67. The smallest absolute Gasteiger partial charge is 0.155 e. The van der Waals surface area contributed by atoms with Crippen LogP contribution in [-0.4, -0.2) is 20.9 Å². The second-order valence-corrected chi connectivity index (χ2v) is 12.1. The Labute approximate surface area is 197 Å². The fourth-order valence-electron chi connectivity index (χ4n) is 7.65. The molecule has 1 N–H and O–H groups in total. The van der Waals surface area contributed by atoms with Crippen LogP contribution < -0.4 is 0 Å². The lowest BCUT2D eigenvalue weighted by atomic mass is 9.46. The predicted octanol–water partition coefficient (Wildman–Crippen LogP) is 6.64. The molecule has 0 aromatic heterocycles. The maximum absolute atomic E-state index is 12.0. The molecule has 6 atom stereocenters. The summed E-state index contributed by atoms with van der Waals surface area (Å²) in [5, 5.41) is 11.7. The van der Waals surface area contributed by atoms with Crippen LogP contribution in [0.4, 0.5) is 0 Å². The summed E-state index contributed by atoms with van der Waals surface area (Å²) in [4.78, 5) is 12.0. The van der Waals surface area contributed by atoms with E-state index < -0.39 is 5.60 Å². The van der Waals surface area contributed by atoms with Crippen LogP contribution in [-0.2, 0) is 4.79 Å². The van der Waals surface area contributed by atoms with Gasteiger partial charge < -0.3 is 5.11 Å². The van der Waals surface area contributed by atoms with Crippen molar-refractivity contribution in [1.29, 1.82) is 0 Å². The van der Waals surface area contributed by atoms with Gasteiger partial charge in [0.15, 0.2) is 5.78 Å². The number of hydrogen-bond donors (Lipinski definition) is 1. The molecule has 30 heavy (non-hydrogen) atoms. The van der Waals surface area contributed by atoms with E-state index in [0.29, 0.717) is 23.5 Å². The van der Waals surface area contributed by atoms with E-state index in [2.05, 4.69) is 48.3 Å². The molecule has 0 unspecified atom stereocenters. The maximum Gasteiger partial charge on any atom is 0.155 e. The highest BCUT2D eigenvalue weighted by Gasteiger charge is 2.63. The zero-order valence-electron chi connectivity index (χ0n) is 18.9. The number of aliphatic hydroxyl groups is 1. The molecule has 0 radical (unpaired) electrons. The lowest BCUT2D eigenvalue weighted by molar-refractivity contribution is -0.119. The summed E-state index contributed by atoms with van der Waals surface area (Å²) >= 11 is 2.45. The van der Waals surface area contributed by atoms with Crippen LogP contribution in [0.2, 0.25) is 0 Å². The van der Waals surface area contributed by atoms with Gasteiger partial charge in [-0.25, -0.2) is 0 Å². The standard InChI is InChI=1S/C27H39IO2/c1-25-15-11-21(29)19-20(25)9-10-22-23(25)12-16-26(2)24(22)13-17-27(26,30)14-7-5-3-4-6-8-18-28/h19,22-24,30H,3-6,8-13,15-18H2,1-2H3/t22-,23+,24+,25+,26+,27+/m1/s1. The summed E-state index contributed by atoms with van der Waals surface area (Å²) in [7, 11) is 0. The molecule has 4 aliphatic rings. The molecule has 4 aliphatic carbocycles. The van der Waals surface area contributed by atoms with Crippen molar-refractivity contribution >= 4 is 28.4 Å². The second kappa shape index (κ2) is 8.89. The molecule has 0 aliphatic heterocycles. The highest BCUT2D eigenvalue weighted by molar-refractivity contribution is 14.1. The molecule has 3 saturated carbocycles. The number of rotatable bonds is 5. The Balaban J connectivity index is 1.46. The van der Waals surface area contributed by atoms with E-state index in [1.54, 1.807) is 0 Å². The van der Waals surface area contributed by atoms with E-state index in [1.807, 2.05) is 6.08 Å². The zero-order chi connectivity index (χ0) is 21.4. The summed E-state index contributed by atoms with van der Waals surface area (Å²) in [5.41, 5.74) is 0.774. The molecule has 4 rings (SSSR count). The number of fused-ring (bicyclic) bond motifs is 5. The van der Waals surface area contributed by atoms with Gasteiger partial charge in [-0.1, -0.05) is 60.8 Å². The van der Waals surface area contributed by atoms with E-state index in [9.17, 15) is 9.90 Å². The molecular weight excluding hydrogens is 483 g/mol. The van der Waals surface area contributed by atoms with Crippen LogP contribution in [0.5, 0.6) is 0 Å². The number of allylic oxidation sites excluding steroid dienone is 1. The Bertz CT molecular complexity index is 761. The van der Waals surface area contributed by atoms with Crippen molar-refractivity contribution in [3.8, 4) is 11.8 Å². The third-order valence-corrected chi connectivity index (χ3v) is 10.4. The normalized spacial score (nSPS) is 42.5. The van der Waals surface area contributed by atoms with Gasteiger partial charge in [0, 0.05) is 18.3 Å². The average molecular weight is 523 g/mol. The van der Waals surface area contributed by atoms with E-state index in [4.69, 9.17) is 0 Å².